The molecule has 4 aromatic carbocycles. The Bertz CT molecular complexity index is 1810. The van der Waals surface area contributed by atoms with E-state index in [1.807, 2.05) is 86.6 Å². The van der Waals surface area contributed by atoms with E-state index in [-0.39, 0.29) is 17.3 Å². The summed E-state index contributed by atoms with van der Waals surface area (Å²) < 4.78 is 2.16. The minimum atomic E-state index is -0.610. The van der Waals surface area contributed by atoms with Crippen LogP contribution in [-0.4, -0.2) is 27.8 Å². The highest BCUT2D eigenvalue weighted by Gasteiger charge is 2.22. The minimum absolute atomic E-state index is 0.0463. The number of benzene rings is 4. The molecule has 1 heterocycles. The van der Waals surface area contributed by atoms with Gasteiger partial charge in [-0.1, -0.05) is 53.7 Å². The van der Waals surface area contributed by atoms with Crippen molar-refractivity contribution in [2.75, 3.05) is 0 Å². The van der Waals surface area contributed by atoms with Gasteiger partial charge in [-0.2, -0.15) is 0 Å². The predicted molar refractivity (Wildman–Crippen MR) is 154 cm³/mol. The van der Waals surface area contributed by atoms with Crippen molar-refractivity contribution in [2.24, 2.45) is 5.16 Å². The molecule has 0 bridgehead atoms. The molecule has 194 valence electrons. The highest BCUT2D eigenvalue weighted by molar-refractivity contribution is 6.51. The van der Waals surface area contributed by atoms with Gasteiger partial charge >= 0.3 is 5.97 Å². The molecule has 0 fully saturated rings. The summed E-state index contributed by atoms with van der Waals surface area (Å²) in [6.07, 6.45) is 0. The first-order valence-corrected chi connectivity index (χ1v) is 12.8. The molecule has 0 aliphatic carbocycles. The van der Waals surface area contributed by atoms with E-state index in [4.69, 9.17) is 4.84 Å². The second-order valence-electron chi connectivity index (χ2n) is 9.52. The number of Topliss-reactive ketones (excluding diaryl/α,β-unsaturated/α-hetero) is 1. The minimum Gasteiger partial charge on any atom is -0.341 e. The van der Waals surface area contributed by atoms with Gasteiger partial charge in [0, 0.05) is 57.5 Å². The summed E-state index contributed by atoms with van der Waals surface area (Å²) in [5.74, 6) is -1.02. The summed E-state index contributed by atoms with van der Waals surface area (Å²) in [6.45, 7) is 7.82. The normalized spacial score (nSPS) is 11.6. The summed E-state index contributed by atoms with van der Waals surface area (Å²) in [7, 11) is 0. The lowest BCUT2D eigenvalue weighted by Gasteiger charge is -2.09. The van der Waals surface area contributed by atoms with Crippen molar-refractivity contribution in [2.45, 2.75) is 34.2 Å². The van der Waals surface area contributed by atoms with Crippen molar-refractivity contribution in [3.63, 3.8) is 0 Å². The van der Waals surface area contributed by atoms with Crippen molar-refractivity contribution in [1.29, 1.82) is 0 Å². The molecule has 0 spiro atoms. The van der Waals surface area contributed by atoms with Gasteiger partial charge in [0.05, 0.1) is 0 Å². The molecule has 0 N–H and O–H groups in total. The maximum Gasteiger partial charge on any atom is 0.332 e. The third-order valence-electron chi connectivity index (χ3n) is 6.98. The molecule has 0 radical (unpaired) electrons. The van der Waals surface area contributed by atoms with Crippen LogP contribution < -0.4 is 0 Å². The van der Waals surface area contributed by atoms with E-state index in [0.29, 0.717) is 22.3 Å². The van der Waals surface area contributed by atoms with Gasteiger partial charge in [0.15, 0.2) is 11.5 Å². The van der Waals surface area contributed by atoms with Crippen LogP contribution in [0.1, 0.15) is 56.8 Å². The maximum absolute atomic E-state index is 13.8. The number of hydrogen-bond acceptors (Lipinski definition) is 5. The Morgan fingerprint density at radius 1 is 0.744 bits per heavy atom. The SMILES string of the molecule is CCn1c2ccc(C(=O)C(=NOC(C)=O)c3ccccc3C)cc2c2cc(C(=O)c3ccccc3C)ccc21. The van der Waals surface area contributed by atoms with Crippen LogP contribution in [0.4, 0.5) is 0 Å². The van der Waals surface area contributed by atoms with Crippen molar-refractivity contribution in [3.05, 3.63) is 118 Å². The molecule has 0 unspecified atom stereocenters. The number of carbonyl (C=O) groups is 3. The third kappa shape index (κ3) is 4.77. The zero-order valence-electron chi connectivity index (χ0n) is 22.3. The third-order valence-corrected chi connectivity index (χ3v) is 6.98. The van der Waals surface area contributed by atoms with Gasteiger partial charge in [-0.05, 0) is 68.3 Å². The van der Waals surface area contributed by atoms with Crippen LogP contribution in [0.2, 0.25) is 0 Å². The largest absolute Gasteiger partial charge is 0.341 e. The summed E-state index contributed by atoms with van der Waals surface area (Å²) in [5.41, 5.74) is 5.98. The number of aryl methyl sites for hydroxylation is 3. The molecule has 39 heavy (non-hydrogen) atoms. The first-order chi connectivity index (χ1) is 18.8. The summed E-state index contributed by atoms with van der Waals surface area (Å²) in [6, 6.07) is 26.1. The van der Waals surface area contributed by atoms with E-state index in [1.165, 1.54) is 6.92 Å². The van der Waals surface area contributed by atoms with E-state index in [2.05, 4.69) is 16.6 Å². The summed E-state index contributed by atoms with van der Waals surface area (Å²) in [5, 5.41) is 5.68. The maximum atomic E-state index is 13.8. The van der Waals surface area contributed by atoms with Gasteiger partial charge in [-0.15, -0.1) is 0 Å². The smallest absolute Gasteiger partial charge is 0.332 e. The highest BCUT2D eigenvalue weighted by Crippen LogP contribution is 2.32. The molecule has 0 saturated heterocycles. The van der Waals surface area contributed by atoms with Gasteiger partial charge in [0.2, 0.25) is 5.78 Å². The standard InChI is InChI=1S/C33H28N2O4/c1-5-35-29-16-14-23(32(37)26-13-9-7-11-21(26)3)18-27(29)28-19-24(15-17-30(28)35)33(38)31(34-39-22(4)36)25-12-8-6-10-20(25)2/h6-19H,5H2,1-4H3. The van der Waals surface area contributed by atoms with Crippen LogP contribution in [0.3, 0.4) is 0 Å². The number of hydrogen-bond donors (Lipinski definition) is 0. The van der Waals surface area contributed by atoms with Crippen LogP contribution in [-0.2, 0) is 16.2 Å². The van der Waals surface area contributed by atoms with Crippen molar-refractivity contribution in [3.8, 4) is 0 Å². The fourth-order valence-corrected chi connectivity index (χ4v) is 5.01. The first-order valence-electron chi connectivity index (χ1n) is 12.8. The molecule has 0 aliphatic rings. The second kappa shape index (κ2) is 10.5. The van der Waals surface area contributed by atoms with E-state index in [9.17, 15) is 14.4 Å². The molecule has 5 rings (SSSR count). The Morgan fingerprint density at radius 2 is 1.28 bits per heavy atom. The zero-order chi connectivity index (χ0) is 27.7. The van der Waals surface area contributed by atoms with E-state index in [0.717, 1.165) is 39.5 Å². The fraction of sp³-hybridized carbons (Fsp3) is 0.152. The molecule has 0 amide bonds. The lowest BCUT2D eigenvalue weighted by molar-refractivity contribution is -0.140. The number of aromatic nitrogens is 1. The Balaban J connectivity index is 1.66. The average molecular weight is 517 g/mol. The lowest BCUT2D eigenvalue weighted by atomic mass is 9.95. The average Bonchev–Trinajstić information content (AvgIpc) is 3.25. The van der Waals surface area contributed by atoms with E-state index in [1.54, 1.807) is 12.1 Å². The molecular formula is C33H28N2O4. The molecule has 5 aromatic rings. The van der Waals surface area contributed by atoms with Crippen LogP contribution in [0.25, 0.3) is 21.8 Å². The van der Waals surface area contributed by atoms with Crippen LogP contribution in [0.15, 0.2) is 90.1 Å². The Kier molecular flexibility index (Phi) is 6.94. The van der Waals surface area contributed by atoms with Gasteiger partial charge in [0.25, 0.3) is 0 Å². The molecule has 6 nitrogen and oxygen atoms in total. The monoisotopic (exact) mass is 516 g/mol. The molecule has 6 heteroatoms. The molecule has 0 atom stereocenters. The summed E-state index contributed by atoms with van der Waals surface area (Å²) in [4.78, 5) is 43.6. The van der Waals surface area contributed by atoms with Crippen LogP contribution in [0, 0.1) is 13.8 Å². The van der Waals surface area contributed by atoms with Gasteiger partial charge < -0.3 is 9.40 Å². The van der Waals surface area contributed by atoms with E-state index >= 15 is 0 Å². The Labute approximate surface area is 226 Å². The van der Waals surface area contributed by atoms with Gasteiger partial charge in [0.1, 0.15) is 0 Å². The van der Waals surface area contributed by atoms with E-state index < -0.39 is 5.97 Å². The first kappa shape index (κ1) is 25.8. The lowest BCUT2D eigenvalue weighted by Crippen LogP contribution is -2.18. The number of carbonyl (C=O) groups excluding carboxylic acids is 3. The number of nitrogens with zero attached hydrogens (tertiary/aromatic N) is 2. The van der Waals surface area contributed by atoms with Crippen molar-refractivity contribution in [1.82, 2.24) is 4.57 Å². The molecule has 0 aliphatic heterocycles. The Morgan fingerprint density at radius 3 is 1.85 bits per heavy atom. The number of rotatable bonds is 7. The number of fused-ring (bicyclic) bond motifs is 3. The summed E-state index contributed by atoms with van der Waals surface area (Å²) >= 11 is 0. The Hall–Kier alpha value is -4.84. The molecule has 1 aromatic heterocycles. The second-order valence-corrected chi connectivity index (χ2v) is 9.52. The number of ketones is 2. The quantitative estimate of drug-likeness (QED) is 0.103. The van der Waals surface area contributed by atoms with Crippen molar-refractivity contribution >= 4 is 45.1 Å². The topological polar surface area (TPSA) is 77.7 Å². The fourth-order valence-electron chi connectivity index (χ4n) is 5.01. The van der Waals surface area contributed by atoms with Crippen LogP contribution >= 0.6 is 0 Å². The number of oxime groups is 1. The zero-order valence-corrected chi connectivity index (χ0v) is 22.3. The highest BCUT2D eigenvalue weighted by atomic mass is 16.7. The predicted octanol–water partition coefficient (Wildman–Crippen LogP) is 6.81. The molecule has 0 saturated carbocycles. The van der Waals surface area contributed by atoms with Gasteiger partial charge in [-0.25, -0.2) is 4.79 Å². The van der Waals surface area contributed by atoms with Crippen molar-refractivity contribution < 1.29 is 19.2 Å². The molecular weight excluding hydrogens is 488 g/mol. The van der Waals surface area contributed by atoms with Crippen LogP contribution in [0.5, 0.6) is 0 Å². The van der Waals surface area contributed by atoms with Gasteiger partial charge in [-0.3, -0.25) is 9.59 Å².